The van der Waals surface area contributed by atoms with Crippen molar-refractivity contribution >= 4 is 27.3 Å². The maximum absolute atomic E-state index is 12.2. The van der Waals surface area contributed by atoms with Crippen LogP contribution in [0, 0.1) is 5.92 Å². The number of rotatable bonds is 6. The molecule has 106 valence electrons. The number of carbonyl (C=O) groups excluding carboxylic acids is 1. The van der Waals surface area contributed by atoms with E-state index in [2.05, 4.69) is 6.92 Å². The maximum Gasteiger partial charge on any atom is 0.226 e. The maximum atomic E-state index is 12.2. The smallest absolute Gasteiger partial charge is 0.226 e. The SMILES string of the molecule is CCCCN(C(=O)C(C)CCl)C1CCS(=O)(=O)C1. The Morgan fingerprint density at radius 3 is 2.61 bits per heavy atom. The molecular formula is C12H22ClNO3S. The van der Waals surface area contributed by atoms with Gasteiger partial charge in [0.15, 0.2) is 9.84 Å². The lowest BCUT2D eigenvalue weighted by Crippen LogP contribution is -2.44. The van der Waals surface area contributed by atoms with E-state index in [9.17, 15) is 13.2 Å². The molecule has 4 nitrogen and oxygen atoms in total. The van der Waals surface area contributed by atoms with Crippen molar-refractivity contribution in [2.45, 2.75) is 39.2 Å². The highest BCUT2D eigenvalue weighted by Crippen LogP contribution is 2.20. The van der Waals surface area contributed by atoms with Crippen molar-refractivity contribution < 1.29 is 13.2 Å². The molecule has 1 aliphatic heterocycles. The van der Waals surface area contributed by atoms with Gasteiger partial charge in [-0.1, -0.05) is 20.3 Å². The van der Waals surface area contributed by atoms with Crippen LogP contribution in [0.2, 0.25) is 0 Å². The third-order valence-electron chi connectivity index (χ3n) is 3.34. The second kappa shape index (κ2) is 6.75. The second-order valence-corrected chi connectivity index (χ2v) is 7.53. The van der Waals surface area contributed by atoms with Crippen LogP contribution in [0.5, 0.6) is 0 Å². The van der Waals surface area contributed by atoms with Gasteiger partial charge in [-0.3, -0.25) is 4.79 Å². The van der Waals surface area contributed by atoms with E-state index in [1.54, 1.807) is 11.8 Å². The van der Waals surface area contributed by atoms with Crippen LogP contribution in [-0.2, 0) is 14.6 Å². The molecular weight excluding hydrogens is 274 g/mol. The van der Waals surface area contributed by atoms with Gasteiger partial charge in [-0.15, -0.1) is 11.6 Å². The summed E-state index contributed by atoms with van der Waals surface area (Å²) in [6, 6.07) is -0.153. The molecule has 1 amide bonds. The van der Waals surface area contributed by atoms with Gasteiger partial charge in [0, 0.05) is 24.4 Å². The number of sulfone groups is 1. The Labute approximate surface area is 115 Å². The molecule has 0 bridgehead atoms. The first-order chi connectivity index (χ1) is 8.41. The molecule has 0 aromatic carbocycles. The zero-order valence-electron chi connectivity index (χ0n) is 11.1. The first-order valence-electron chi connectivity index (χ1n) is 6.48. The van der Waals surface area contributed by atoms with Gasteiger partial charge in [0.2, 0.25) is 5.91 Å². The van der Waals surface area contributed by atoms with Crippen LogP contribution < -0.4 is 0 Å². The number of hydrogen-bond acceptors (Lipinski definition) is 3. The van der Waals surface area contributed by atoms with E-state index in [0.717, 1.165) is 12.8 Å². The normalized spacial score (nSPS) is 23.8. The minimum Gasteiger partial charge on any atom is -0.338 e. The number of carbonyl (C=O) groups is 1. The van der Waals surface area contributed by atoms with E-state index in [-0.39, 0.29) is 35.3 Å². The van der Waals surface area contributed by atoms with Crippen molar-refractivity contribution in [2.24, 2.45) is 5.92 Å². The van der Waals surface area contributed by atoms with Gasteiger partial charge in [0.05, 0.1) is 11.5 Å². The first-order valence-corrected chi connectivity index (χ1v) is 8.83. The zero-order chi connectivity index (χ0) is 13.8. The number of amides is 1. The zero-order valence-corrected chi connectivity index (χ0v) is 12.6. The summed E-state index contributed by atoms with van der Waals surface area (Å²) in [4.78, 5) is 14.0. The Balaban J connectivity index is 2.75. The average molecular weight is 296 g/mol. The summed E-state index contributed by atoms with van der Waals surface area (Å²) in [5.74, 6) is 0.327. The standard InChI is InChI=1S/C12H22ClNO3S/c1-3-4-6-14(12(15)10(2)8-13)11-5-7-18(16,17)9-11/h10-11H,3-9H2,1-2H3. The van der Waals surface area contributed by atoms with Crippen LogP contribution in [0.4, 0.5) is 0 Å². The Morgan fingerprint density at radius 1 is 1.50 bits per heavy atom. The topological polar surface area (TPSA) is 54.5 Å². The Morgan fingerprint density at radius 2 is 2.17 bits per heavy atom. The van der Waals surface area contributed by atoms with Crippen molar-refractivity contribution in [2.75, 3.05) is 23.9 Å². The van der Waals surface area contributed by atoms with Crippen molar-refractivity contribution in [1.82, 2.24) is 4.90 Å². The fraction of sp³-hybridized carbons (Fsp3) is 0.917. The van der Waals surface area contributed by atoms with Crippen LogP contribution >= 0.6 is 11.6 Å². The third kappa shape index (κ3) is 4.12. The molecule has 2 atom stereocenters. The van der Waals surface area contributed by atoms with E-state index in [0.29, 0.717) is 13.0 Å². The van der Waals surface area contributed by atoms with Gasteiger partial charge in [-0.05, 0) is 12.8 Å². The van der Waals surface area contributed by atoms with Crippen LogP contribution in [0.15, 0.2) is 0 Å². The molecule has 1 rings (SSSR count). The molecule has 6 heteroatoms. The summed E-state index contributed by atoms with van der Waals surface area (Å²) >= 11 is 5.72. The molecule has 0 saturated carbocycles. The number of hydrogen-bond donors (Lipinski definition) is 0. The number of unbranched alkanes of at least 4 members (excludes halogenated alkanes) is 1. The molecule has 1 heterocycles. The largest absolute Gasteiger partial charge is 0.338 e. The Hall–Kier alpha value is -0.290. The highest BCUT2D eigenvalue weighted by molar-refractivity contribution is 7.91. The summed E-state index contributed by atoms with van der Waals surface area (Å²) in [5, 5.41) is 0. The number of nitrogens with zero attached hydrogens (tertiary/aromatic N) is 1. The molecule has 1 saturated heterocycles. The van der Waals surface area contributed by atoms with Gasteiger partial charge in [0.1, 0.15) is 0 Å². The molecule has 1 fully saturated rings. The fourth-order valence-corrected chi connectivity index (χ4v) is 4.03. The molecule has 2 unspecified atom stereocenters. The van der Waals surface area contributed by atoms with Gasteiger partial charge in [0.25, 0.3) is 0 Å². The quantitative estimate of drug-likeness (QED) is 0.701. The van der Waals surface area contributed by atoms with Crippen molar-refractivity contribution in [3.8, 4) is 0 Å². The minimum atomic E-state index is -2.96. The molecule has 0 aromatic heterocycles. The number of alkyl halides is 1. The van der Waals surface area contributed by atoms with Crippen LogP contribution in [0.3, 0.4) is 0 Å². The summed E-state index contributed by atoms with van der Waals surface area (Å²) in [6.07, 6.45) is 2.45. The van der Waals surface area contributed by atoms with Gasteiger partial charge in [-0.2, -0.15) is 0 Å². The molecule has 1 aliphatic rings. The molecule has 0 aromatic rings. The van der Waals surface area contributed by atoms with Gasteiger partial charge < -0.3 is 4.90 Å². The highest BCUT2D eigenvalue weighted by Gasteiger charge is 2.35. The molecule has 0 spiro atoms. The number of halogens is 1. The average Bonchev–Trinajstić information content (AvgIpc) is 2.68. The molecule has 18 heavy (non-hydrogen) atoms. The monoisotopic (exact) mass is 295 g/mol. The van der Waals surface area contributed by atoms with E-state index in [1.165, 1.54) is 0 Å². The highest BCUT2D eigenvalue weighted by atomic mass is 35.5. The lowest BCUT2D eigenvalue weighted by molar-refractivity contribution is -0.136. The van der Waals surface area contributed by atoms with Crippen LogP contribution in [-0.4, -0.2) is 49.2 Å². The van der Waals surface area contributed by atoms with E-state index >= 15 is 0 Å². The summed E-state index contributed by atoms with van der Waals surface area (Å²) in [5.41, 5.74) is 0. The first kappa shape index (κ1) is 15.8. The van der Waals surface area contributed by atoms with Crippen molar-refractivity contribution in [3.63, 3.8) is 0 Å². The fourth-order valence-electron chi connectivity index (χ4n) is 2.17. The van der Waals surface area contributed by atoms with Crippen LogP contribution in [0.1, 0.15) is 33.1 Å². The second-order valence-electron chi connectivity index (χ2n) is 5.00. The summed E-state index contributed by atoms with van der Waals surface area (Å²) in [7, 11) is -2.96. The summed E-state index contributed by atoms with van der Waals surface area (Å²) in [6.45, 7) is 4.48. The van der Waals surface area contributed by atoms with Crippen molar-refractivity contribution in [1.29, 1.82) is 0 Å². The predicted octanol–water partition coefficient (Wildman–Crippen LogP) is 1.68. The predicted molar refractivity (Wildman–Crippen MR) is 73.6 cm³/mol. The van der Waals surface area contributed by atoms with E-state index in [4.69, 9.17) is 11.6 Å². The van der Waals surface area contributed by atoms with Crippen molar-refractivity contribution in [3.05, 3.63) is 0 Å². The Kier molecular flexibility index (Phi) is 5.92. The van der Waals surface area contributed by atoms with Gasteiger partial charge >= 0.3 is 0 Å². The molecule has 0 N–H and O–H groups in total. The lowest BCUT2D eigenvalue weighted by atomic mass is 10.1. The third-order valence-corrected chi connectivity index (χ3v) is 5.55. The Bertz CT molecular complexity index is 383. The van der Waals surface area contributed by atoms with Gasteiger partial charge in [-0.25, -0.2) is 8.42 Å². The van der Waals surface area contributed by atoms with E-state index < -0.39 is 9.84 Å². The lowest BCUT2D eigenvalue weighted by Gasteiger charge is -2.30. The summed E-state index contributed by atoms with van der Waals surface area (Å²) < 4.78 is 23.0. The molecule has 0 radical (unpaired) electrons. The van der Waals surface area contributed by atoms with E-state index in [1.807, 2.05) is 0 Å². The molecule has 0 aliphatic carbocycles. The minimum absolute atomic E-state index is 0.0134. The van der Waals surface area contributed by atoms with Crippen LogP contribution in [0.25, 0.3) is 0 Å².